The number of hydrogen-bond acceptors (Lipinski definition) is 3. The molecule has 3 aromatic rings. The molecule has 0 amide bonds. The molecule has 0 unspecified atom stereocenters. The minimum Gasteiger partial charge on any atom is -0.399 e. The second-order valence-corrected chi connectivity index (χ2v) is 5.28. The van der Waals surface area contributed by atoms with E-state index < -0.39 is 0 Å². The van der Waals surface area contributed by atoms with Gasteiger partial charge in [0.1, 0.15) is 0 Å². The van der Waals surface area contributed by atoms with E-state index >= 15 is 0 Å². The van der Waals surface area contributed by atoms with Gasteiger partial charge < -0.3 is 5.73 Å². The molecule has 0 saturated carbocycles. The molecule has 0 spiro atoms. The SMILES string of the molecule is Nc1cccc(-c2n[nH]c(-c3ccccc3I)n2)c1. The highest BCUT2D eigenvalue weighted by molar-refractivity contribution is 14.1. The molecular weight excluding hydrogens is 351 g/mol. The predicted octanol–water partition coefficient (Wildman–Crippen LogP) is 3.33. The van der Waals surface area contributed by atoms with E-state index in [0.29, 0.717) is 11.5 Å². The van der Waals surface area contributed by atoms with Gasteiger partial charge in [-0.3, -0.25) is 5.10 Å². The van der Waals surface area contributed by atoms with E-state index in [1.165, 1.54) is 0 Å². The molecule has 0 fully saturated rings. The first-order valence-electron chi connectivity index (χ1n) is 5.77. The van der Waals surface area contributed by atoms with Crippen molar-refractivity contribution in [2.45, 2.75) is 0 Å². The molecule has 0 aliphatic heterocycles. The Hall–Kier alpha value is -1.89. The van der Waals surface area contributed by atoms with Crippen LogP contribution in [0.2, 0.25) is 0 Å². The van der Waals surface area contributed by atoms with Gasteiger partial charge in [0, 0.05) is 20.4 Å². The van der Waals surface area contributed by atoms with E-state index in [1.807, 2.05) is 48.5 Å². The van der Waals surface area contributed by atoms with Crippen molar-refractivity contribution in [2.24, 2.45) is 0 Å². The van der Waals surface area contributed by atoms with Crippen LogP contribution in [0.5, 0.6) is 0 Å². The van der Waals surface area contributed by atoms with Gasteiger partial charge in [0.05, 0.1) is 0 Å². The summed E-state index contributed by atoms with van der Waals surface area (Å²) < 4.78 is 1.13. The molecule has 2 aromatic carbocycles. The molecular formula is C14H11IN4. The van der Waals surface area contributed by atoms with Crippen molar-refractivity contribution in [3.05, 3.63) is 52.1 Å². The average Bonchev–Trinajstić information content (AvgIpc) is 2.89. The number of anilines is 1. The lowest BCUT2D eigenvalue weighted by Crippen LogP contribution is -1.87. The number of rotatable bonds is 2. The van der Waals surface area contributed by atoms with Crippen molar-refractivity contribution in [1.82, 2.24) is 15.2 Å². The molecule has 5 heteroatoms. The molecule has 3 N–H and O–H groups in total. The van der Waals surface area contributed by atoms with Crippen LogP contribution in [0.15, 0.2) is 48.5 Å². The second kappa shape index (κ2) is 5.00. The molecule has 19 heavy (non-hydrogen) atoms. The Morgan fingerprint density at radius 3 is 2.68 bits per heavy atom. The van der Waals surface area contributed by atoms with Gasteiger partial charge in [-0.1, -0.05) is 30.3 Å². The highest BCUT2D eigenvalue weighted by Gasteiger charge is 2.09. The first-order chi connectivity index (χ1) is 9.24. The largest absolute Gasteiger partial charge is 0.399 e. The summed E-state index contributed by atoms with van der Waals surface area (Å²) in [7, 11) is 0. The molecule has 0 aliphatic rings. The summed E-state index contributed by atoms with van der Waals surface area (Å²) in [4.78, 5) is 4.53. The standard InChI is InChI=1S/C14H11IN4/c15-12-7-2-1-6-11(12)14-17-13(18-19-14)9-4-3-5-10(16)8-9/h1-8H,16H2,(H,17,18,19). The van der Waals surface area contributed by atoms with Crippen LogP contribution in [-0.4, -0.2) is 15.2 Å². The highest BCUT2D eigenvalue weighted by atomic mass is 127. The molecule has 0 aliphatic carbocycles. The van der Waals surface area contributed by atoms with Crippen LogP contribution in [0.25, 0.3) is 22.8 Å². The van der Waals surface area contributed by atoms with Crippen molar-refractivity contribution in [3.63, 3.8) is 0 Å². The van der Waals surface area contributed by atoms with Crippen LogP contribution in [0.4, 0.5) is 5.69 Å². The lowest BCUT2D eigenvalue weighted by Gasteiger charge is -1.98. The molecule has 3 rings (SSSR count). The molecule has 0 bridgehead atoms. The van der Waals surface area contributed by atoms with E-state index in [9.17, 15) is 0 Å². The fraction of sp³-hybridized carbons (Fsp3) is 0. The Kier molecular flexibility index (Phi) is 3.20. The normalized spacial score (nSPS) is 10.6. The highest BCUT2D eigenvalue weighted by Crippen LogP contribution is 2.24. The second-order valence-electron chi connectivity index (χ2n) is 4.11. The van der Waals surface area contributed by atoms with E-state index in [2.05, 4.69) is 37.8 Å². The van der Waals surface area contributed by atoms with Gasteiger partial charge in [-0.25, -0.2) is 4.98 Å². The van der Waals surface area contributed by atoms with Crippen LogP contribution >= 0.6 is 22.6 Å². The number of nitrogen functional groups attached to an aromatic ring is 1. The van der Waals surface area contributed by atoms with Gasteiger partial charge in [0.25, 0.3) is 0 Å². The van der Waals surface area contributed by atoms with Gasteiger partial charge in [0.2, 0.25) is 0 Å². The molecule has 0 saturated heterocycles. The van der Waals surface area contributed by atoms with Crippen molar-refractivity contribution in [1.29, 1.82) is 0 Å². The fourth-order valence-electron chi connectivity index (χ4n) is 1.84. The smallest absolute Gasteiger partial charge is 0.181 e. The third-order valence-electron chi connectivity index (χ3n) is 2.76. The zero-order valence-electron chi connectivity index (χ0n) is 9.97. The molecule has 94 valence electrons. The van der Waals surface area contributed by atoms with Gasteiger partial charge in [0.15, 0.2) is 11.6 Å². The molecule has 0 radical (unpaired) electrons. The molecule has 0 atom stereocenters. The molecule has 4 nitrogen and oxygen atoms in total. The molecule has 1 heterocycles. The Morgan fingerprint density at radius 1 is 1.05 bits per heavy atom. The summed E-state index contributed by atoms with van der Waals surface area (Å²) in [6, 6.07) is 15.6. The minimum atomic E-state index is 0.655. The number of H-pyrrole nitrogens is 1. The first-order valence-corrected chi connectivity index (χ1v) is 6.85. The average molecular weight is 362 g/mol. The topological polar surface area (TPSA) is 67.6 Å². The van der Waals surface area contributed by atoms with Gasteiger partial charge in [-0.2, -0.15) is 5.10 Å². The Labute approximate surface area is 124 Å². The van der Waals surface area contributed by atoms with Crippen LogP contribution in [0.1, 0.15) is 0 Å². The fourth-order valence-corrected chi connectivity index (χ4v) is 2.49. The van der Waals surface area contributed by atoms with Crippen LogP contribution < -0.4 is 5.73 Å². The van der Waals surface area contributed by atoms with Crippen molar-refractivity contribution >= 4 is 28.3 Å². The van der Waals surface area contributed by atoms with E-state index in [-0.39, 0.29) is 0 Å². The number of nitrogens with one attached hydrogen (secondary N) is 1. The van der Waals surface area contributed by atoms with Crippen LogP contribution in [-0.2, 0) is 0 Å². The van der Waals surface area contributed by atoms with Crippen molar-refractivity contribution in [2.75, 3.05) is 5.73 Å². The summed E-state index contributed by atoms with van der Waals surface area (Å²) in [6.07, 6.45) is 0. The number of benzene rings is 2. The summed E-state index contributed by atoms with van der Waals surface area (Å²) in [5, 5.41) is 7.22. The van der Waals surface area contributed by atoms with Gasteiger partial charge in [-0.05, 0) is 40.8 Å². The lowest BCUT2D eigenvalue weighted by atomic mass is 10.2. The van der Waals surface area contributed by atoms with Crippen LogP contribution in [0.3, 0.4) is 0 Å². The Morgan fingerprint density at radius 2 is 1.89 bits per heavy atom. The van der Waals surface area contributed by atoms with Crippen LogP contribution in [0, 0.1) is 3.57 Å². The van der Waals surface area contributed by atoms with E-state index in [4.69, 9.17) is 5.73 Å². The number of aromatic amines is 1. The number of halogens is 1. The number of hydrogen-bond donors (Lipinski definition) is 2. The summed E-state index contributed by atoms with van der Waals surface area (Å²) >= 11 is 2.29. The zero-order chi connectivity index (χ0) is 13.2. The summed E-state index contributed by atoms with van der Waals surface area (Å²) in [5.41, 5.74) is 8.44. The first kappa shape index (κ1) is 12.2. The Balaban J connectivity index is 2.03. The number of nitrogens with two attached hydrogens (primary N) is 1. The van der Waals surface area contributed by atoms with Crippen molar-refractivity contribution in [3.8, 4) is 22.8 Å². The monoisotopic (exact) mass is 362 g/mol. The maximum Gasteiger partial charge on any atom is 0.181 e. The summed E-state index contributed by atoms with van der Waals surface area (Å²) in [5.74, 6) is 1.42. The van der Waals surface area contributed by atoms with E-state index in [1.54, 1.807) is 0 Å². The molecule has 1 aromatic heterocycles. The summed E-state index contributed by atoms with van der Waals surface area (Å²) in [6.45, 7) is 0. The quantitative estimate of drug-likeness (QED) is 0.543. The third-order valence-corrected chi connectivity index (χ3v) is 3.70. The van der Waals surface area contributed by atoms with Gasteiger partial charge >= 0.3 is 0 Å². The zero-order valence-corrected chi connectivity index (χ0v) is 12.1. The minimum absolute atomic E-state index is 0.655. The maximum absolute atomic E-state index is 5.77. The number of aromatic nitrogens is 3. The maximum atomic E-state index is 5.77. The lowest BCUT2D eigenvalue weighted by molar-refractivity contribution is 1.10. The predicted molar refractivity (Wildman–Crippen MR) is 84.4 cm³/mol. The van der Waals surface area contributed by atoms with E-state index in [0.717, 1.165) is 20.5 Å². The third kappa shape index (κ3) is 2.46. The van der Waals surface area contributed by atoms with Gasteiger partial charge in [-0.15, -0.1) is 0 Å². The number of nitrogens with zero attached hydrogens (tertiary/aromatic N) is 2. The van der Waals surface area contributed by atoms with Crippen molar-refractivity contribution < 1.29 is 0 Å². The Bertz CT molecular complexity index is 721.